The number of aromatic nitrogens is 3. The summed E-state index contributed by atoms with van der Waals surface area (Å²) in [4.78, 5) is 15.3. The fourth-order valence-corrected chi connectivity index (χ4v) is 9.44. The van der Waals surface area contributed by atoms with Crippen molar-refractivity contribution in [1.29, 1.82) is 0 Å². The Bertz CT molecular complexity index is 3350. The maximum absolute atomic E-state index is 5.38. The summed E-state index contributed by atoms with van der Waals surface area (Å²) in [6.45, 7) is 0. The van der Waals surface area contributed by atoms with Crippen LogP contribution in [0.4, 0.5) is 0 Å². The highest BCUT2D eigenvalue weighted by molar-refractivity contribution is 6.28. The van der Waals surface area contributed by atoms with Crippen molar-refractivity contribution in [3.8, 4) is 89.5 Å². The van der Waals surface area contributed by atoms with Crippen LogP contribution in [0.2, 0.25) is 0 Å². The van der Waals surface area contributed by atoms with Gasteiger partial charge in [-0.05, 0) is 89.1 Å². The standard InChI is InChI=1S/C57H35N3/c1-4-15-37(16-5-1)50-33-51(38-29-27-36(28-30-38)49-35-58-34-41-21-10-11-22-42(41)49)60-57(59-50)46-31-32-48-54-45(46)25-14-26-47(54)55-52(39-17-6-2-7-18-39)43-23-12-13-24-44(43)53(56(48)55)40-19-8-3-9-20-40/h1-35H. The molecule has 2 aromatic heterocycles. The summed E-state index contributed by atoms with van der Waals surface area (Å²) in [6.07, 6.45) is 3.88. The number of rotatable bonds is 6. The molecule has 12 rings (SSSR count). The van der Waals surface area contributed by atoms with Crippen molar-refractivity contribution in [1.82, 2.24) is 15.0 Å². The van der Waals surface area contributed by atoms with Gasteiger partial charge in [0.1, 0.15) is 0 Å². The zero-order valence-electron chi connectivity index (χ0n) is 32.5. The maximum atomic E-state index is 5.38. The SMILES string of the molecule is c1ccc(-c2cc(-c3ccc(-c4cncc5ccccc45)cc3)nc(-c3ccc4c5c(cccc35)-c3c-4c(-c4ccccc4)c4ccccc4c3-c3ccccc3)n2)cc1. The third-order valence-electron chi connectivity index (χ3n) is 12.1. The fourth-order valence-electron chi connectivity index (χ4n) is 9.44. The minimum absolute atomic E-state index is 0.699. The van der Waals surface area contributed by atoms with Gasteiger partial charge in [0, 0.05) is 40.0 Å². The van der Waals surface area contributed by atoms with E-state index in [9.17, 15) is 0 Å². The highest BCUT2D eigenvalue weighted by Gasteiger charge is 2.31. The monoisotopic (exact) mass is 761 g/mol. The Balaban J connectivity index is 1.08. The fraction of sp³-hybridized carbons (Fsp3) is 0. The largest absolute Gasteiger partial charge is 0.263 e. The van der Waals surface area contributed by atoms with Crippen LogP contribution in [-0.2, 0) is 0 Å². The lowest BCUT2D eigenvalue weighted by Gasteiger charge is -2.20. The molecule has 0 aliphatic heterocycles. The van der Waals surface area contributed by atoms with Gasteiger partial charge in [0.05, 0.1) is 11.4 Å². The van der Waals surface area contributed by atoms with E-state index in [2.05, 4.69) is 199 Å². The first-order chi connectivity index (χ1) is 29.8. The molecule has 0 fully saturated rings. The van der Waals surface area contributed by atoms with Crippen molar-refractivity contribution >= 4 is 32.3 Å². The van der Waals surface area contributed by atoms with Crippen LogP contribution in [0, 0.1) is 0 Å². The van der Waals surface area contributed by atoms with E-state index >= 15 is 0 Å². The van der Waals surface area contributed by atoms with E-state index in [1.165, 1.54) is 66.1 Å². The molecule has 278 valence electrons. The van der Waals surface area contributed by atoms with Crippen LogP contribution in [0.25, 0.3) is 122 Å². The molecule has 0 spiro atoms. The molecule has 9 aromatic carbocycles. The highest BCUT2D eigenvalue weighted by Crippen LogP contribution is 2.58. The Hall–Kier alpha value is -8.01. The number of fused-ring (bicyclic) bond motifs is 5. The minimum Gasteiger partial charge on any atom is -0.263 e. The third kappa shape index (κ3) is 5.40. The lowest BCUT2D eigenvalue weighted by Crippen LogP contribution is -1.97. The van der Waals surface area contributed by atoms with Gasteiger partial charge in [-0.2, -0.15) is 0 Å². The first-order valence-electron chi connectivity index (χ1n) is 20.4. The zero-order valence-corrected chi connectivity index (χ0v) is 32.5. The molecular formula is C57H35N3. The summed E-state index contributed by atoms with van der Waals surface area (Å²) in [5, 5.41) is 7.18. The molecule has 11 aromatic rings. The first-order valence-corrected chi connectivity index (χ1v) is 20.4. The van der Waals surface area contributed by atoms with Gasteiger partial charge in [-0.3, -0.25) is 4.98 Å². The Labute approximate surface area is 348 Å². The number of hydrogen-bond donors (Lipinski definition) is 0. The average molecular weight is 762 g/mol. The smallest absolute Gasteiger partial charge is 0.161 e. The predicted molar refractivity (Wildman–Crippen MR) is 249 cm³/mol. The Morgan fingerprint density at radius 1 is 0.283 bits per heavy atom. The zero-order chi connectivity index (χ0) is 39.6. The van der Waals surface area contributed by atoms with Crippen molar-refractivity contribution < 1.29 is 0 Å². The van der Waals surface area contributed by atoms with Crippen LogP contribution >= 0.6 is 0 Å². The van der Waals surface area contributed by atoms with Gasteiger partial charge in [0.2, 0.25) is 0 Å². The average Bonchev–Trinajstić information content (AvgIpc) is 3.66. The second-order valence-electron chi connectivity index (χ2n) is 15.5. The van der Waals surface area contributed by atoms with E-state index in [4.69, 9.17) is 9.97 Å². The van der Waals surface area contributed by atoms with Gasteiger partial charge < -0.3 is 0 Å². The van der Waals surface area contributed by atoms with E-state index < -0.39 is 0 Å². The lowest BCUT2D eigenvalue weighted by molar-refractivity contribution is 1.19. The van der Waals surface area contributed by atoms with Crippen LogP contribution in [0.1, 0.15) is 0 Å². The van der Waals surface area contributed by atoms with E-state index in [1.54, 1.807) is 0 Å². The summed E-state index contributed by atoms with van der Waals surface area (Å²) in [5.74, 6) is 0.699. The van der Waals surface area contributed by atoms with Gasteiger partial charge in [-0.25, -0.2) is 9.97 Å². The highest BCUT2D eigenvalue weighted by atomic mass is 14.9. The quantitative estimate of drug-likeness (QED) is 0.169. The van der Waals surface area contributed by atoms with Crippen molar-refractivity contribution in [2.45, 2.75) is 0 Å². The molecule has 0 unspecified atom stereocenters. The Morgan fingerprint density at radius 2 is 0.767 bits per heavy atom. The third-order valence-corrected chi connectivity index (χ3v) is 12.1. The second-order valence-corrected chi connectivity index (χ2v) is 15.5. The molecule has 2 heterocycles. The number of benzene rings is 9. The Kier molecular flexibility index (Phi) is 7.85. The molecule has 1 aliphatic carbocycles. The van der Waals surface area contributed by atoms with Gasteiger partial charge in [0.15, 0.2) is 5.82 Å². The summed E-state index contributed by atoms with van der Waals surface area (Å²) >= 11 is 0. The minimum atomic E-state index is 0.699. The summed E-state index contributed by atoms with van der Waals surface area (Å²) in [5.41, 5.74) is 17.0. The van der Waals surface area contributed by atoms with Crippen molar-refractivity contribution in [3.63, 3.8) is 0 Å². The molecule has 0 radical (unpaired) electrons. The summed E-state index contributed by atoms with van der Waals surface area (Å²) in [6, 6.07) is 71.6. The van der Waals surface area contributed by atoms with Crippen LogP contribution in [-0.4, -0.2) is 15.0 Å². The molecule has 0 N–H and O–H groups in total. The number of hydrogen-bond acceptors (Lipinski definition) is 3. The lowest BCUT2D eigenvalue weighted by atomic mass is 9.82. The maximum Gasteiger partial charge on any atom is 0.161 e. The van der Waals surface area contributed by atoms with Gasteiger partial charge in [-0.15, -0.1) is 0 Å². The number of nitrogens with zero attached hydrogens (tertiary/aromatic N) is 3. The molecular weight excluding hydrogens is 727 g/mol. The van der Waals surface area contributed by atoms with E-state index in [-0.39, 0.29) is 0 Å². The molecule has 0 bridgehead atoms. The topological polar surface area (TPSA) is 38.7 Å². The summed E-state index contributed by atoms with van der Waals surface area (Å²) in [7, 11) is 0. The normalized spacial score (nSPS) is 11.7. The van der Waals surface area contributed by atoms with Gasteiger partial charge in [0.25, 0.3) is 0 Å². The van der Waals surface area contributed by atoms with Crippen molar-refractivity contribution in [2.24, 2.45) is 0 Å². The molecule has 3 nitrogen and oxygen atoms in total. The molecule has 60 heavy (non-hydrogen) atoms. The predicted octanol–water partition coefficient (Wildman–Crippen LogP) is 15.0. The van der Waals surface area contributed by atoms with Crippen molar-refractivity contribution in [2.75, 3.05) is 0 Å². The van der Waals surface area contributed by atoms with Crippen LogP contribution in [0.5, 0.6) is 0 Å². The van der Waals surface area contributed by atoms with E-state index in [0.717, 1.165) is 50.0 Å². The molecule has 0 amide bonds. The molecule has 0 saturated heterocycles. The van der Waals surface area contributed by atoms with Crippen LogP contribution in [0.15, 0.2) is 213 Å². The van der Waals surface area contributed by atoms with Gasteiger partial charge in [-0.1, -0.05) is 188 Å². The van der Waals surface area contributed by atoms with Crippen LogP contribution < -0.4 is 0 Å². The Morgan fingerprint density at radius 3 is 1.40 bits per heavy atom. The molecule has 0 atom stereocenters. The summed E-state index contributed by atoms with van der Waals surface area (Å²) < 4.78 is 0. The van der Waals surface area contributed by atoms with Crippen LogP contribution in [0.3, 0.4) is 0 Å². The molecule has 3 heteroatoms. The first kappa shape index (κ1) is 34.1. The number of pyridine rings is 1. The van der Waals surface area contributed by atoms with E-state index in [0.29, 0.717) is 5.82 Å². The molecule has 0 saturated carbocycles. The molecule has 1 aliphatic rings. The van der Waals surface area contributed by atoms with E-state index in [1.807, 2.05) is 18.5 Å². The van der Waals surface area contributed by atoms with Crippen molar-refractivity contribution in [3.05, 3.63) is 213 Å². The second kappa shape index (κ2) is 13.8. The van der Waals surface area contributed by atoms with Gasteiger partial charge >= 0.3 is 0 Å².